The van der Waals surface area contributed by atoms with Crippen LogP contribution >= 0.6 is 22.9 Å². The molecule has 106 valence electrons. The Hall–Kier alpha value is -1.30. The van der Waals surface area contributed by atoms with Crippen LogP contribution in [0.1, 0.15) is 21.8 Å². The van der Waals surface area contributed by atoms with E-state index in [-0.39, 0.29) is 5.78 Å². The average Bonchev–Trinajstić information content (AvgIpc) is 2.82. The van der Waals surface area contributed by atoms with Gasteiger partial charge in [-0.2, -0.15) is 0 Å². The summed E-state index contributed by atoms with van der Waals surface area (Å²) >= 11 is 7.40. The first-order chi connectivity index (χ1) is 9.54. The number of nitrogens with zero attached hydrogens (tertiary/aromatic N) is 2. The molecule has 0 aliphatic heterocycles. The van der Waals surface area contributed by atoms with E-state index in [2.05, 4.69) is 4.98 Å². The maximum atomic E-state index is 12.7. The minimum absolute atomic E-state index is 0.0824. The first kappa shape index (κ1) is 15.1. The smallest absolute Gasteiger partial charge is 0.182 e. The highest BCUT2D eigenvalue weighted by Gasteiger charge is 2.10. The Balaban J connectivity index is 1.82. The van der Waals surface area contributed by atoms with Gasteiger partial charge < -0.3 is 4.90 Å². The highest BCUT2D eigenvalue weighted by atomic mass is 35.5. The lowest BCUT2D eigenvalue weighted by Gasteiger charge is -2.14. The highest BCUT2D eigenvalue weighted by Crippen LogP contribution is 2.22. The van der Waals surface area contributed by atoms with Gasteiger partial charge in [-0.15, -0.1) is 11.3 Å². The number of pyridine rings is 1. The number of Topliss-reactive ketones (excluding diaryl/α,β-unsaturated/α-hetero) is 1. The summed E-state index contributed by atoms with van der Waals surface area (Å²) in [7, 11) is 1.94. The molecule has 0 aliphatic rings. The maximum Gasteiger partial charge on any atom is 0.182 e. The van der Waals surface area contributed by atoms with E-state index in [1.54, 1.807) is 0 Å². The Kier molecular flexibility index (Phi) is 5.23. The number of carbonyl (C=O) groups excluding carboxylic acids is 1. The number of aromatic nitrogens is 1. The first-order valence-electron chi connectivity index (χ1n) is 6.12. The Morgan fingerprint density at radius 3 is 2.80 bits per heavy atom. The lowest BCUT2D eigenvalue weighted by atomic mass is 10.2. The summed E-state index contributed by atoms with van der Waals surface area (Å²) in [5, 5.41) is 0. The minimum Gasteiger partial charge on any atom is -0.301 e. The Labute approximate surface area is 126 Å². The van der Waals surface area contributed by atoms with E-state index in [1.807, 2.05) is 24.1 Å². The topological polar surface area (TPSA) is 33.2 Å². The van der Waals surface area contributed by atoms with Crippen molar-refractivity contribution in [3.05, 3.63) is 51.2 Å². The number of halogens is 2. The van der Waals surface area contributed by atoms with Crippen molar-refractivity contribution in [2.75, 3.05) is 13.6 Å². The molecule has 0 unspecified atom stereocenters. The quantitative estimate of drug-likeness (QED) is 0.764. The van der Waals surface area contributed by atoms with Gasteiger partial charge in [-0.3, -0.25) is 9.78 Å². The molecule has 0 radical (unpaired) electrons. The van der Waals surface area contributed by atoms with E-state index in [0.29, 0.717) is 18.7 Å². The minimum atomic E-state index is -0.437. The van der Waals surface area contributed by atoms with Crippen LogP contribution < -0.4 is 0 Å². The van der Waals surface area contributed by atoms with E-state index in [1.165, 1.54) is 23.5 Å². The lowest BCUT2D eigenvalue weighted by Crippen LogP contribution is -2.21. The molecular formula is C14H14ClFN2OS. The normalized spacial score (nSPS) is 11.0. The molecule has 0 bridgehead atoms. The second-order valence-corrected chi connectivity index (χ2v) is 6.28. The third-order valence-electron chi connectivity index (χ3n) is 2.79. The van der Waals surface area contributed by atoms with E-state index >= 15 is 0 Å². The van der Waals surface area contributed by atoms with E-state index < -0.39 is 5.82 Å². The van der Waals surface area contributed by atoms with Crippen molar-refractivity contribution < 1.29 is 9.18 Å². The molecule has 0 amide bonds. The molecule has 0 spiro atoms. The van der Waals surface area contributed by atoms with Crippen LogP contribution in [-0.4, -0.2) is 29.3 Å². The summed E-state index contributed by atoms with van der Waals surface area (Å²) in [6.07, 6.45) is 1.42. The van der Waals surface area contributed by atoms with Crippen molar-refractivity contribution >= 4 is 28.7 Å². The molecule has 0 aliphatic carbocycles. The van der Waals surface area contributed by atoms with Crippen molar-refractivity contribution in [2.24, 2.45) is 0 Å². The van der Waals surface area contributed by atoms with Crippen LogP contribution in [0.3, 0.4) is 0 Å². The van der Waals surface area contributed by atoms with Gasteiger partial charge in [-0.1, -0.05) is 11.6 Å². The zero-order valence-electron chi connectivity index (χ0n) is 11.0. The molecule has 2 aromatic rings. The SMILES string of the molecule is CN(CCC(=O)c1ccc(F)cn1)Cc1ccc(Cl)s1. The Morgan fingerprint density at radius 2 is 2.20 bits per heavy atom. The van der Waals surface area contributed by atoms with Gasteiger partial charge in [-0.25, -0.2) is 4.39 Å². The Bertz CT molecular complexity index is 585. The molecule has 0 atom stereocenters. The van der Waals surface area contributed by atoms with Crippen LogP contribution in [0.25, 0.3) is 0 Å². The van der Waals surface area contributed by atoms with Gasteiger partial charge in [0.1, 0.15) is 11.5 Å². The van der Waals surface area contributed by atoms with Crippen molar-refractivity contribution in [1.82, 2.24) is 9.88 Å². The maximum absolute atomic E-state index is 12.7. The molecule has 6 heteroatoms. The van der Waals surface area contributed by atoms with Crippen LogP contribution in [0, 0.1) is 5.82 Å². The number of hydrogen-bond donors (Lipinski definition) is 0. The number of carbonyl (C=O) groups is 1. The summed E-state index contributed by atoms with van der Waals surface area (Å²) < 4.78 is 13.5. The van der Waals surface area contributed by atoms with Crippen LogP contribution in [0.5, 0.6) is 0 Å². The molecule has 2 aromatic heterocycles. The van der Waals surface area contributed by atoms with Gasteiger partial charge in [0.25, 0.3) is 0 Å². The summed E-state index contributed by atoms with van der Waals surface area (Å²) in [5.41, 5.74) is 0.305. The summed E-state index contributed by atoms with van der Waals surface area (Å²) in [5.74, 6) is -0.519. The van der Waals surface area contributed by atoms with Gasteiger partial charge in [0.05, 0.1) is 10.5 Å². The fraction of sp³-hybridized carbons (Fsp3) is 0.286. The molecule has 0 fully saturated rings. The standard InChI is InChI=1S/C14H14ClFN2OS/c1-18(9-11-3-5-14(15)20-11)7-6-13(19)12-4-2-10(16)8-17-12/h2-5,8H,6-7,9H2,1H3. The van der Waals surface area contributed by atoms with Crippen molar-refractivity contribution in [3.8, 4) is 0 Å². The van der Waals surface area contributed by atoms with Crippen LogP contribution in [0.4, 0.5) is 4.39 Å². The largest absolute Gasteiger partial charge is 0.301 e. The van der Waals surface area contributed by atoms with Crippen LogP contribution in [0.15, 0.2) is 30.5 Å². The second-order valence-electron chi connectivity index (χ2n) is 4.48. The van der Waals surface area contributed by atoms with Gasteiger partial charge >= 0.3 is 0 Å². The molecule has 2 heterocycles. The van der Waals surface area contributed by atoms with E-state index in [0.717, 1.165) is 22.0 Å². The lowest BCUT2D eigenvalue weighted by molar-refractivity contribution is 0.0963. The molecule has 0 aromatic carbocycles. The highest BCUT2D eigenvalue weighted by molar-refractivity contribution is 7.16. The van der Waals surface area contributed by atoms with E-state index in [4.69, 9.17) is 11.6 Å². The molecule has 0 saturated heterocycles. The van der Waals surface area contributed by atoms with Gasteiger partial charge in [0.15, 0.2) is 5.78 Å². The predicted octanol–water partition coefficient (Wildman–Crippen LogP) is 3.64. The zero-order valence-corrected chi connectivity index (χ0v) is 12.5. The monoisotopic (exact) mass is 312 g/mol. The Morgan fingerprint density at radius 1 is 1.40 bits per heavy atom. The fourth-order valence-corrected chi connectivity index (χ4v) is 2.91. The van der Waals surface area contributed by atoms with Crippen molar-refractivity contribution in [3.63, 3.8) is 0 Å². The number of thiophene rings is 1. The second kappa shape index (κ2) is 6.92. The van der Waals surface area contributed by atoms with Crippen LogP contribution in [0.2, 0.25) is 4.34 Å². The third-order valence-corrected chi connectivity index (χ3v) is 4.00. The third kappa shape index (κ3) is 4.37. The number of ketones is 1. The fourth-order valence-electron chi connectivity index (χ4n) is 1.74. The summed E-state index contributed by atoms with van der Waals surface area (Å²) in [6.45, 7) is 1.37. The van der Waals surface area contributed by atoms with Gasteiger partial charge in [0.2, 0.25) is 0 Å². The van der Waals surface area contributed by atoms with E-state index in [9.17, 15) is 9.18 Å². The molecular weight excluding hydrogens is 299 g/mol. The number of rotatable bonds is 6. The molecule has 0 N–H and O–H groups in total. The average molecular weight is 313 g/mol. The van der Waals surface area contributed by atoms with Crippen molar-refractivity contribution in [2.45, 2.75) is 13.0 Å². The van der Waals surface area contributed by atoms with Gasteiger partial charge in [0, 0.05) is 24.4 Å². The molecule has 20 heavy (non-hydrogen) atoms. The zero-order chi connectivity index (χ0) is 14.5. The molecule has 0 saturated carbocycles. The number of hydrogen-bond acceptors (Lipinski definition) is 4. The summed E-state index contributed by atoms with van der Waals surface area (Å²) in [4.78, 5) is 18.9. The van der Waals surface area contributed by atoms with Gasteiger partial charge in [-0.05, 0) is 31.3 Å². The van der Waals surface area contributed by atoms with Crippen molar-refractivity contribution in [1.29, 1.82) is 0 Å². The summed E-state index contributed by atoms with van der Waals surface area (Å²) in [6, 6.07) is 6.50. The first-order valence-corrected chi connectivity index (χ1v) is 7.31. The molecule has 3 nitrogen and oxygen atoms in total. The van der Waals surface area contributed by atoms with Crippen LogP contribution in [-0.2, 0) is 6.54 Å². The predicted molar refractivity (Wildman–Crippen MR) is 78.8 cm³/mol. The molecule has 2 rings (SSSR count).